The number of aromatic nitrogens is 4. The number of amides is 6. The highest BCUT2D eigenvalue weighted by Crippen LogP contribution is 2.57. The van der Waals surface area contributed by atoms with Crippen LogP contribution in [0.5, 0.6) is 0 Å². The summed E-state index contributed by atoms with van der Waals surface area (Å²) in [6, 6.07) is 17.0. The van der Waals surface area contributed by atoms with Gasteiger partial charge in [0.15, 0.2) is 10.8 Å². The summed E-state index contributed by atoms with van der Waals surface area (Å²) in [7, 11) is 1.80. The van der Waals surface area contributed by atoms with E-state index in [0.29, 0.717) is 165 Å². The molecule has 2 aromatic carbocycles. The van der Waals surface area contributed by atoms with E-state index in [9.17, 15) is 33.9 Å². The van der Waals surface area contributed by atoms with Gasteiger partial charge in [0.25, 0.3) is 11.8 Å². The standard InChI is InChI=1S/C69H91N9O16S/c1-48-42-68(4)47-69(43-48,94-26-23-75(5)61(80)19-24-86-27-29-88-31-33-90-35-37-92-39-40-93-38-36-91-34-32-89-30-28-87-25-20-70-60(79)18-22-77-62(81)16-17-63(77)82)44-53(49(68)2)46-78-50(3)55(45-71-78)54-14-15-56(72-64(54)65(83)84)52-13-12-51-9-8-21-76(58(51)41-52)67(85)74-66-73-57-10-6-7-11-59(57)95-66/h6-7,10-17,41,45,48H,8-9,18-40,42-44,46-47H2,1-5H3,(H,70,79)(H,83,84)(H,73,74,85). The van der Waals surface area contributed by atoms with Gasteiger partial charge in [0.1, 0.15) is 0 Å². The van der Waals surface area contributed by atoms with Crippen molar-refractivity contribution in [2.45, 2.75) is 91.2 Å². The van der Waals surface area contributed by atoms with Gasteiger partial charge in [-0.2, -0.15) is 5.10 Å². The third-order valence-electron chi connectivity index (χ3n) is 17.6. The fraction of sp³-hybridized carbons (Fsp3) is 0.551. The van der Waals surface area contributed by atoms with Crippen molar-refractivity contribution >= 4 is 68.0 Å². The zero-order valence-corrected chi connectivity index (χ0v) is 56.1. The number of ether oxygens (including phenoxy) is 9. The Morgan fingerprint density at radius 2 is 1.38 bits per heavy atom. The molecule has 1 fully saturated rings. The van der Waals surface area contributed by atoms with Crippen molar-refractivity contribution in [3.8, 4) is 22.4 Å². The SMILES string of the molecule is CC1=C(Cn2ncc(-c3ccc(-c4ccc5c(c4)N(C(=O)Nc4nc6ccccc6s4)CCC5)nc3C(=O)O)c2C)CC2(OCCN(C)C(=O)CCOCCOCCOCCOCCOCCOCCOCCOCCNC(=O)CCN3C(=O)C=CC3=O)CC(C)CC1(C)C2. The molecule has 3 aromatic heterocycles. The van der Waals surface area contributed by atoms with Crippen molar-refractivity contribution in [1.29, 1.82) is 0 Å². The first-order valence-electron chi connectivity index (χ1n) is 32.8. The van der Waals surface area contributed by atoms with E-state index in [1.54, 1.807) is 29.1 Å². The van der Waals surface area contributed by atoms with Gasteiger partial charge in [-0.3, -0.25) is 39.0 Å². The number of thiazole rings is 1. The molecule has 3 N–H and O–H groups in total. The Bertz CT molecular complexity index is 3450. The molecule has 3 unspecified atom stereocenters. The molecule has 4 aliphatic rings. The number of imide groups is 1. The fourth-order valence-corrected chi connectivity index (χ4v) is 13.7. The number of aromatic carboxylic acids is 1. The fourth-order valence-electron chi connectivity index (χ4n) is 12.8. The van der Waals surface area contributed by atoms with Gasteiger partial charge in [-0.05, 0) is 105 Å². The Hall–Kier alpha value is -7.37. The average Bonchev–Trinajstić information content (AvgIpc) is 1.03. The first-order valence-corrected chi connectivity index (χ1v) is 33.6. The van der Waals surface area contributed by atoms with Crippen LogP contribution in [0.1, 0.15) is 87.5 Å². The molecule has 0 radical (unpaired) electrons. The number of carboxylic acids is 1. The lowest BCUT2D eigenvalue weighted by atomic mass is 9.56. The van der Waals surface area contributed by atoms with E-state index in [0.717, 1.165) is 70.6 Å². The zero-order chi connectivity index (χ0) is 67.2. The van der Waals surface area contributed by atoms with Crippen LogP contribution in [0.3, 0.4) is 0 Å². The minimum Gasteiger partial charge on any atom is -0.476 e. The number of benzene rings is 2. The highest BCUT2D eigenvalue weighted by atomic mass is 32.1. The van der Waals surface area contributed by atoms with Crippen LogP contribution >= 0.6 is 11.3 Å². The molecule has 25 nitrogen and oxygen atoms in total. The third-order valence-corrected chi connectivity index (χ3v) is 18.6. The van der Waals surface area contributed by atoms with Crippen molar-refractivity contribution in [2.24, 2.45) is 11.3 Å². The molecular weight excluding hydrogens is 1240 g/mol. The molecule has 95 heavy (non-hydrogen) atoms. The smallest absolute Gasteiger partial charge is 0.355 e. The molecular formula is C69H91N9O16S. The van der Waals surface area contributed by atoms with Crippen LogP contribution < -0.4 is 15.5 Å². The highest BCUT2D eigenvalue weighted by Gasteiger charge is 2.51. The lowest BCUT2D eigenvalue weighted by Gasteiger charge is -2.54. The number of hydrogen-bond acceptors (Lipinski definition) is 19. The second-order valence-corrected chi connectivity index (χ2v) is 25.7. The highest BCUT2D eigenvalue weighted by molar-refractivity contribution is 7.22. The summed E-state index contributed by atoms with van der Waals surface area (Å²) in [5.41, 5.74) is 7.77. The molecule has 2 aliphatic carbocycles. The van der Waals surface area contributed by atoms with Gasteiger partial charge in [-0.15, -0.1) is 0 Å². The number of pyridine rings is 1. The summed E-state index contributed by atoms with van der Waals surface area (Å²) in [6.07, 6.45) is 9.56. The second kappa shape index (κ2) is 35.6. The number of carbonyl (C=O) groups excluding carboxylic acids is 5. The number of nitrogens with zero attached hydrogens (tertiary/aromatic N) is 7. The third kappa shape index (κ3) is 20.3. The van der Waals surface area contributed by atoms with E-state index in [4.69, 9.17) is 52.7 Å². The lowest BCUT2D eigenvalue weighted by Crippen LogP contribution is -2.50. The monoisotopic (exact) mass is 1330 g/mol. The normalized spacial score (nSPS) is 18.5. The first-order chi connectivity index (χ1) is 46.0. The Kier molecular flexibility index (Phi) is 26.9. The maximum atomic E-state index is 13.7. The molecule has 0 spiro atoms. The number of aryl methyl sites for hydroxylation is 1. The summed E-state index contributed by atoms with van der Waals surface area (Å²) in [6.45, 7) is 17.4. The van der Waals surface area contributed by atoms with Crippen molar-refractivity contribution in [3.05, 3.63) is 101 Å². The Labute approximate surface area is 558 Å². The van der Waals surface area contributed by atoms with Crippen LogP contribution in [0.25, 0.3) is 32.6 Å². The minimum absolute atomic E-state index is 0.0249. The number of carboxylic acid groups (broad SMARTS) is 1. The van der Waals surface area contributed by atoms with Gasteiger partial charge >= 0.3 is 12.0 Å². The van der Waals surface area contributed by atoms with Gasteiger partial charge in [0, 0.05) is 79.9 Å². The van der Waals surface area contributed by atoms with Crippen LogP contribution in [-0.4, -0.2) is 221 Å². The lowest BCUT2D eigenvalue weighted by molar-refractivity contribution is -0.138. The number of likely N-dealkylation sites (N-methyl/N-ethyl adjacent to an activating group) is 1. The number of fused-ring (bicyclic) bond motifs is 4. The second-order valence-electron chi connectivity index (χ2n) is 24.6. The number of carbonyl (C=O) groups is 6. The number of hydrogen-bond donors (Lipinski definition) is 3. The number of rotatable bonds is 40. The number of nitrogens with one attached hydrogen (secondary N) is 2. The van der Waals surface area contributed by atoms with E-state index in [1.165, 1.54) is 34.6 Å². The predicted molar refractivity (Wildman–Crippen MR) is 356 cm³/mol. The van der Waals surface area contributed by atoms with Crippen molar-refractivity contribution in [3.63, 3.8) is 0 Å². The summed E-state index contributed by atoms with van der Waals surface area (Å²) in [5.74, 6) is -1.82. The molecule has 5 aromatic rings. The predicted octanol–water partition coefficient (Wildman–Crippen LogP) is 7.93. The van der Waals surface area contributed by atoms with Gasteiger partial charge in [-0.25, -0.2) is 19.6 Å². The van der Waals surface area contributed by atoms with E-state index in [2.05, 4.69) is 36.4 Å². The molecule has 5 heterocycles. The molecule has 9 rings (SSSR count). The number of urea groups is 1. The maximum Gasteiger partial charge on any atom is 0.355 e. The summed E-state index contributed by atoms with van der Waals surface area (Å²) >= 11 is 1.42. The Morgan fingerprint density at radius 1 is 0.747 bits per heavy atom. The van der Waals surface area contributed by atoms with E-state index in [-0.39, 0.29) is 54.9 Å². The van der Waals surface area contributed by atoms with E-state index >= 15 is 0 Å². The van der Waals surface area contributed by atoms with Crippen LogP contribution in [0.2, 0.25) is 0 Å². The molecule has 26 heteroatoms. The average molecular weight is 1330 g/mol. The summed E-state index contributed by atoms with van der Waals surface area (Å²) < 4.78 is 54.3. The van der Waals surface area contributed by atoms with Gasteiger partial charge in [0.05, 0.1) is 153 Å². The zero-order valence-electron chi connectivity index (χ0n) is 55.3. The molecule has 2 bridgehead atoms. The van der Waals surface area contributed by atoms with Crippen LogP contribution in [0.15, 0.2) is 84.1 Å². The van der Waals surface area contributed by atoms with Crippen molar-refractivity contribution < 1.29 is 76.5 Å². The topological polar surface area (TPSA) is 283 Å². The quantitative estimate of drug-likeness (QED) is 0.0191. The number of anilines is 2. The molecule has 2 aliphatic heterocycles. The van der Waals surface area contributed by atoms with Gasteiger partial charge in [0.2, 0.25) is 11.8 Å². The summed E-state index contributed by atoms with van der Waals surface area (Å²) in [5, 5.41) is 21.7. The molecule has 1 saturated carbocycles. The largest absolute Gasteiger partial charge is 0.476 e. The Balaban J connectivity index is 0.606. The first kappa shape index (κ1) is 71.9. The van der Waals surface area contributed by atoms with E-state index in [1.807, 2.05) is 60.1 Å². The minimum atomic E-state index is -1.15. The van der Waals surface area contributed by atoms with Crippen LogP contribution in [0.4, 0.5) is 15.6 Å². The van der Waals surface area contributed by atoms with E-state index < -0.39 is 23.4 Å². The number of para-hydroxylation sites is 1. The van der Waals surface area contributed by atoms with Crippen molar-refractivity contribution in [2.75, 3.05) is 156 Å². The molecule has 6 amide bonds. The summed E-state index contributed by atoms with van der Waals surface area (Å²) in [4.78, 5) is 88.7. The van der Waals surface area contributed by atoms with Crippen LogP contribution in [0, 0.1) is 18.3 Å². The number of allylic oxidation sites excluding steroid dienone is 1. The van der Waals surface area contributed by atoms with Crippen molar-refractivity contribution in [1.82, 2.24) is 34.9 Å². The maximum absolute atomic E-state index is 13.7. The Morgan fingerprint density at radius 3 is 2.02 bits per heavy atom. The van der Waals surface area contributed by atoms with Gasteiger partial charge in [-0.1, -0.05) is 55.0 Å². The molecule has 0 saturated heterocycles. The molecule has 3 atom stereocenters. The van der Waals surface area contributed by atoms with Crippen LogP contribution in [-0.2, 0) is 74.8 Å². The van der Waals surface area contributed by atoms with Gasteiger partial charge < -0.3 is 58.0 Å². The molecule has 514 valence electrons.